The van der Waals surface area contributed by atoms with Gasteiger partial charge in [-0.2, -0.15) is 0 Å². The molecular weight excluding hydrogens is 591 g/mol. The molecule has 1 atom stereocenters. The molecule has 9 nitrogen and oxygen atoms in total. The summed E-state index contributed by atoms with van der Waals surface area (Å²) in [7, 11) is 0. The third-order valence-corrected chi connectivity index (χ3v) is 9.82. The number of fused-ring (bicyclic) bond motifs is 3. The molecule has 4 aromatic rings. The van der Waals surface area contributed by atoms with Gasteiger partial charge in [-0.05, 0) is 72.1 Å². The molecule has 3 aromatic heterocycles. The Morgan fingerprint density at radius 2 is 1.93 bits per heavy atom. The van der Waals surface area contributed by atoms with Crippen LogP contribution in [0.15, 0.2) is 35.1 Å². The number of oxazole rings is 1. The first-order valence-electron chi connectivity index (χ1n) is 15.2. The van der Waals surface area contributed by atoms with Crippen LogP contribution in [0, 0.1) is 56.7 Å². The van der Waals surface area contributed by atoms with Crippen LogP contribution >= 0.6 is 11.3 Å². The molecule has 11 heteroatoms. The van der Waals surface area contributed by atoms with E-state index in [1.807, 2.05) is 39.8 Å². The summed E-state index contributed by atoms with van der Waals surface area (Å²) in [5.41, 5.74) is 3.23. The summed E-state index contributed by atoms with van der Waals surface area (Å²) >= 11 is 1.70. The van der Waals surface area contributed by atoms with E-state index in [2.05, 4.69) is 50.8 Å². The molecule has 0 radical (unpaired) electrons. The SMILES string of the molecule is Cc1ncco1.Cc1sc2c(c1C)C(c1ccc(C#CC3CC4(C3)CN(C(=O)OC(C)(C)C)C4)cc1F)NCc1nnc(C)n1-2. The number of hydrogen-bond acceptors (Lipinski definition) is 8. The van der Waals surface area contributed by atoms with Crippen LogP contribution < -0.4 is 5.32 Å². The number of carbonyl (C=O) groups excluding carboxylic acids is 1. The monoisotopic (exact) mass is 630 g/mol. The first kappa shape index (κ1) is 31.0. The van der Waals surface area contributed by atoms with Gasteiger partial charge in [-0.1, -0.05) is 17.9 Å². The van der Waals surface area contributed by atoms with Gasteiger partial charge < -0.3 is 14.1 Å². The highest BCUT2D eigenvalue weighted by atomic mass is 32.1. The van der Waals surface area contributed by atoms with Gasteiger partial charge in [0, 0.05) is 52.9 Å². The number of nitrogens with zero attached hydrogens (tertiary/aromatic N) is 5. The fourth-order valence-electron chi connectivity index (χ4n) is 6.36. The number of ether oxygens (including phenoxy) is 1. The smallest absolute Gasteiger partial charge is 0.410 e. The zero-order valence-electron chi connectivity index (χ0n) is 26.8. The van der Waals surface area contributed by atoms with Crippen molar-refractivity contribution >= 4 is 17.4 Å². The minimum atomic E-state index is -0.478. The Bertz CT molecular complexity index is 1780. The normalized spacial score (nSPS) is 18.3. The lowest BCUT2D eigenvalue weighted by molar-refractivity contribution is -0.0832. The molecule has 1 aliphatic carbocycles. The highest BCUT2D eigenvalue weighted by Gasteiger charge is 2.54. The van der Waals surface area contributed by atoms with E-state index < -0.39 is 5.60 Å². The van der Waals surface area contributed by atoms with E-state index in [1.165, 1.54) is 4.88 Å². The van der Waals surface area contributed by atoms with Crippen LogP contribution in [0.3, 0.4) is 0 Å². The standard InChI is InChI=1S/C30H34FN5O2S.C4H5NO/c1-17-18(2)39-27-25(17)26(32-14-24-34-33-19(3)36(24)27)22-10-9-20(11-23(22)31)7-8-21-12-30(13-21)15-35(16-30)28(37)38-29(4,5)6;1-4-5-2-3-6-4/h9-11,21,26,32H,12-16H2,1-6H3;2-3H,1H3. The number of rotatable bonds is 1. The first-order valence-corrected chi connectivity index (χ1v) is 16.0. The van der Waals surface area contributed by atoms with E-state index in [4.69, 9.17) is 9.15 Å². The van der Waals surface area contributed by atoms with Crippen molar-refractivity contribution in [1.29, 1.82) is 0 Å². The number of amides is 1. The Labute approximate surface area is 267 Å². The van der Waals surface area contributed by atoms with Crippen LogP contribution in [0.1, 0.15) is 84.3 Å². The quantitative estimate of drug-likeness (QED) is 0.238. The van der Waals surface area contributed by atoms with Crippen LogP contribution in [0.2, 0.25) is 0 Å². The maximum Gasteiger partial charge on any atom is 0.410 e. The van der Waals surface area contributed by atoms with E-state index in [0.717, 1.165) is 59.6 Å². The number of aryl methyl sites for hydroxylation is 3. The number of carbonyl (C=O) groups is 1. The Kier molecular flexibility index (Phi) is 8.08. The molecule has 5 heterocycles. The molecule has 1 spiro atoms. The highest BCUT2D eigenvalue weighted by molar-refractivity contribution is 7.14. The van der Waals surface area contributed by atoms with Crippen molar-refractivity contribution in [2.75, 3.05) is 13.1 Å². The lowest BCUT2D eigenvalue weighted by Gasteiger charge is -2.57. The zero-order valence-corrected chi connectivity index (χ0v) is 27.6. The van der Waals surface area contributed by atoms with Crippen molar-refractivity contribution in [2.45, 2.75) is 79.5 Å². The summed E-state index contributed by atoms with van der Waals surface area (Å²) in [6, 6.07) is 5.04. The molecule has 45 heavy (non-hydrogen) atoms. The van der Waals surface area contributed by atoms with E-state index >= 15 is 4.39 Å². The van der Waals surface area contributed by atoms with Crippen LogP contribution in [0.5, 0.6) is 0 Å². The van der Waals surface area contributed by atoms with Gasteiger partial charge in [-0.25, -0.2) is 14.2 Å². The number of likely N-dealkylation sites (tertiary alicyclic amines) is 1. The Morgan fingerprint density at radius 1 is 1.18 bits per heavy atom. The van der Waals surface area contributed by atoms with Crippen LogP contribution in [-0.4, -0.2) is 49.4 Å². The molecule has 1 unspecified atom stereocenters. The zero-order chi connectivity index (χ0) is 32.1. The molecule has 1 aromatic carbocycles. The number of halogens is 1. The van der Waals surface area contributed by atoms with Crippen LogP contribution in [-0.2, 0) is 11.3 Å². The number of benzene rings is 1. The van der Waals surface area contributed by atoms with Crippen molar-refractivity contribution in [2.24, 2.45) is 11.3 Å². The Balaban J connectivity index is 0.000000535. The third-order valence-electron chi connectivity index (χ3n) is 8.61. The lowest BCUT2D eigenvalue weighted by Crippen LogP contribution is -2.64. The molecule has 2 aliphatic heterocycles. The topological polar surface area (TPSA) is 98.3 Å². The summed E-state index contributed by atoms with van der Waals surface area (Å²) in [4.78, 5) is 19.0. The van der Waals surface area contributed by atoms with Gasteiger partial charge in [0.1, 0.15) is 28.5 Å². The fraction of sp³-hybridized carbons (Fsp3) is 0.471. The van der Waals surface area contributed by atoms with Crippen molar-refractivity contribution in [3.05, 3.63) is 81.1 Å². The molecule has 1 N–H and O–H groups in total. The highest BCUT2D eigenvalue weighted by Crippen LogP contribution is 2.52. The summed E-state index contributed by atoms with van der Waals surface area (Å²) in [5, 5.41) is 13.2. The predicted octanol–water partition coefficient (Wildman–Crippen LogP) is 6.57. The second-order valence-corrected chi connectivity index (χ2v) is 14.5. The molecule has 0 bridgehead atoms. The van der Waals surface area contributed by atoms with Gasteiger partial charge in [0.15, 0.2) is 11.7 Å². The summed E-state index contributed by atoms with van der Waals surface area (Å²) in [6.07, 6.45) is 4.87. The van der Waals surface area contributed by atoms with E-state index in [-0.39, 0.29) is 29.3 Å². The number of nitrogens with one attached hydrogen (secondary N) is 1. The molecule has 7 rings (SSSR count). The van der Waals surface area contributed by atoms with Crippen LogP contribution in [0.4, 0.5) is 9.18 Å². The van der Waals surface area contributed by atoms with Gasteiger partial charge in [-0.15, -0.1) is 21.5 Å². The van der Waals surface area contributed by atoms with Gasteiger partial charge in [0.2, 0.25) is 0 Å². The van der Waals surface area contributed by atoms with Crippen molar-refractivity contribution in [3.63, 3.8) is 0 Å². The van der Waals surface area contributed by atoms with Crippen molar-refractivity contribution in [3.8, 4) is 16.8 Å². The maximum absolute atomic E-state index is 15.6. The second-order valence-electron chi connectivity index (χ2n) is 13.3. The second kappa shape index (κ2) is 11.7. The fourth-order valence-corrected chi connectivity index (χ4v) is 7.63. The Hall–Kier alpha value is -4.01. The first-order chi connectivity index (χ1) is 21.3. The van der Waals surface area contributed by atoms with E-state index in [9.17, 15) is 4.79 Å². The van der Waals surface area contributed by atoms with Crippen LogP contribution in [0.25, 0.3) is 5.00 Å². The predicted molar refractivity (Wildman–Crippen MR) is 170 cm³/mol. The van der Waals surface area contributed by atoms with E-state index in [1.54, 1.807) is 41.7 Å². The Morgan fingerprint density at radius 3 is 2.56 bits per heavy atom. The molecule has 236 valence electrons. The summed E-state index contributed by atoms with van der Waals surface area (Å²) < 4.78 is 27.9. The van der Waals surface area contributed by atoms with Gasteiger partial charge in [0.25, 0.3) is 0 Å². The van der Waals surface area contributed by atoms with Gasteiger partial charge >= 0.3 is 6.09 Å². The van der Waals surface area contributed by atoms with Gasteiger partial charge in [0.05, 0.1) is 18.8 Å². The summed E-state index contributed by atoms with van der Waals surface area (Å²) in [6.45, 7) is 15.6. The van der Waals surface area contributed by atoms with E-state index in [0.29, 0.717) is 17.7 Å². The summed E-state index contributed by atoms with van der Waals surface area (Å²) in [5.74, 6) is 8.92. The average Bonchev–Trinajstić information content (AvgIpc) is 3.59. The molecule has 2 fully saturated rings. The van der Waals surface area contributed by atoms with Gasteiger partial charge in [-0.3, -0.25) is 9.88 Å². The molecular formula is C34H39FN6O3S. The minimum absolute atomic E-state index is 0.173. The average molecular weight is 631 g/mol. The number of hydrogen-bond donors (Lipinski definition) is 1. The maximum atomic E-state index is 15.6. The van der Waals surface area contributed by atoms with Crippen molar-refractivity contribution in [1.82, 2.24) is 30.0 Å². The van der Waals surface area contributed by atoms with Crippen molar-refractivity contribution < 1.29 is 18.3 Å². The molecule has 3 aliphatic rings. The minimum Gasteiger partial charge on any atom is -0.449 e. The number of thiophene rings is 1. The molecule has 1 saturated heterocycles. The molecule has 1 saturated carbocycles. The third kappa shape index (κ3) is 6.26. The molecule has 1 amide bonds. The largest absolute Gasteiger partial charge is 0.449 e. The number of aromatic nitrogens is 4. The lowest BCUT2D eigenvalue weighted by atomic mass is 9.58.